The summed E-state index contributed by atoms with van der Waals surface area (Å²) < 4.78 is 34.4. The van der Waals surface area contributed by atoms with Crippen LogP contribution < -0.4 is 14.4 Å². The number of ether oxygens (including phenoxy) is 1. The molecule has 220 valence electrons. The minimum atomic E-state index is -4.30. The number of sulfonamides is 1. The van der Waals surface area contributed by atoms with Crippen molar-refractivity contribution in [3.63, 3.8) is 0 Å². The van der Waals surface area contributed by atoms with Gasteiger partial charge >= 0.3 is 0 Å². The zero-order valence-corrected chi connectivity index (χ0v) is 26.2. The van der Waals surface area contributed by atoms with Gasteiger partial charge in [-0.05, 0) is 62.7 Å². The van der Waals surface area contributed by atoms with Crippen LogP contribution in [-0.2, 0) is 26.2 Å². The molecule has 3 rings (SSSR count). The van der Waals surface area contributed by atoms with Gasteiger partial charge in [0, 0.05) is 33.2 Å². The van der Waals surface area contributed by atoms with E-state index in [2.05, 4.69) is 5.32 Å². The van der Waals surface area contributed by atoms with Crippen LogP contribution in [0.25, 0.3) is 0 Å². The van der Waals surface area contributed by atoms with Crippen LogP contribution in [0.1, 0.15) is 32.8 Å². The van der Waals surface area contributed by atoms with E-state index in [0.29, 0.717) is 15.6 Å². The van der Waals surface area contributed by atoms with E-state index in [4.69, 9.17) is 39.5 Å². The molecule has 0 radical (unpaired) electrons. The number of nitrogens with zero attached hydrogens (tertiary/aromatic N) is 2. The van der Waals surface area contributed by atoms with E-state index in [-0.39, 0.29) is 40.4 Å². The second kappa shape index (κ2) is 14.3. The molecule has 0 fully saturated rings. The maximum atomic E-state index is 14.2. The van der Waals surface area contributed by atoms with Crippen molar-refractivity contribution in [2.75, 3.05) is 18.0 Å². The smallest absolute Gasteiger partial charge is 0.264 e. The highest BCUT2D eigenvalue weighted by Crippen LogP contribution is 2.35. The maximum Gasteiger partial charge on any atom is 0.264 e. The third-order valence-electron chi connectivity index (χ3n) is 6.23. The molecule has 1 atom stereocenters. The first-order valence-corrected chi connectivity index (χ1v) is 15.4. The summed E-state index contributed by atoms with van der Waals surface area (Å²) in [6.45, 7) is 4.58. The van der Waals surface area contributed by atoms with Gasteiger partial charge in [-0.15, -0.1) is 0 Å². The third kappa shape index (κ3) is 7.86. The molecular weight excluding hydrogens is 609 g/mol. The summed E-state index contributed by atoms with van der Waals surface area (Å²) in [5, 5.41) is 3.69. The summed E-state index contributed by atoms with van der Waals surface area (Å²) in [7, 11) is -2.91. The Bertz CT molecular complexity index is 1470. The first-order chi connectivity index (χ1) is 19.4. The third-order valence-corrected chi connectivity index (χ3v) is 8.94. The molecule has 0 unspecified atom stereocenters. The highest BCUT2D eigenvalue weighted by molar-refractivity contribution is 7.92. The Morgan fingerprint density at radius 3 is 2.15 bits per heavy atom. The molecule has 1 N–H and O–H groups in total. The van der Waals surface area contributed by atoms with E-state index in [1.54, 1.807) is 63.2 Å². The molecule has 12 heteroatoms. The molecule has 3 aromatic carbocycles. The number of methoxy groups -OCH3 is 1. The fourth-order valence-corrected chi connectivity index (χ4v) is 6.37. The number of amides is 2. The number of halogens is 3. The van der Waals surface area contributed by atoms with Gasteiger partial charge in [0.25, 0.3) is 10.0 Å². The molecule has 0 bridgehead atoms. The molecule has 0 aromatic heterocycles. The highest BCUT2D eigenvalue weighted by Gasteiger charge is 2.35. The van der Waals surface area contributed by atoms with Gasteiger partial charge in [0.15, 0.2) is 0 Å². The lowest BCUT2D eigenvalue weighted by Gasteiger charge is -2.34. The van der Waals surface area contributed by atoms with Gasteiger partial charge in [0.1, 0.15) is 18.3 Å². The van der Waals surface area contributed by atoms with Crippen LogP contribution in [0.4, 0.5) is 5.69 Å². The Labute approximate surface area is 256 Å². The van der Waals surface area contributed by atoms with Gasteiger partial charge < -0.3 is 15.0 Å². The maximum absolute atomic E-state index is 14.2. The minimum absolute atomic E-state index is 0.0416. The van der Waals surface area contributed by atoms with Gasteiger partial charge in [-0.1, -0.05) is 66.0 Å². The Morgan fingerprint density at radius 2 is 1.59 bits per heavy atom. The van der Waals surface area contributed by atoms with E-state index < -0.39 is 34.4 Å². The van der Waals surface area contributed by atoms with Crippen molar-refractivity contribution in [2.24, 2.45) is 0 Å². The van der Waals surface area contributed by atoms with Gasteiger partial charge in [0.2, 0.25) is 11.8 Å². The zero-order valence-electron chi connectivity index (χ0n) is 23.1. The number of hydrogen-bond acceptors (Lipinski definition) is 5. The van der Waals surface area contributed by atoms with Crippen LogP contribution in [0, 0.1) is 0 Å². The lowest BCUT2D eigenvalue weighted by Crippen LogP contribution is -2.53. The summed E-state index contributed by atoms with van der Waals surface area (Å²) in [4.78, 5) is 28.7. The van der Waals surface area contributed by atoms with E-state index in [9.17, 15) is 18.0 Å². The molecular formula is C29H32Cl3N3O5S. The van der Waals surface area contributed by atoms with E-state index in [1.807, 2.05) is 0 Å². The first-order valence-electron chi connectivity index (χ1n) is 12.8. The standard InChI is InChI=1S/C29H32Cl3N3O5S/c1-5-25(29(37)33-19(2)3)34(17-22-23(31)12-9-13-24(22)32)28(36)18-35(26-16-20(30)14-15-27(26)40-4)41(38,39)21-10-7-6-8-11-21/h6-16,19,25H,5,17-18H2,1-4H3,(H,33,37)/t25-/m0/s1. The number of rotatable bonds is 12. The predicted molar refractivity (Wildman–Crippen MR) is 163 cm³/mol. The van der Waals surface area contributed by atoms with Gasteiger partial charge in [-0.25, -0.2) is 8.42 Å². The lowest BCUT2D eigenvalue weighted by atomic mass is 10.1. The van der Waals surface area contributed by atoms with E-state index in [1.165, 1.54) is 36.3 Å². The van der Waals surface area contributed by atoms with Crippen LogP contribution >= 0.6 is 34.8 Å². The fourth-order valence-electron chi connectivity index (χ4n) is 4.24. The van der Waals surface area contributed by atoms with E-state index in [0.717, 1.165) is 4.31 Å². The Hall–Kier alpha value is -2.98. The summed E-state index contributed by atoms with van der Waals surface area (Å²) >= 11 is 19.1. The lowest BCUT2D eigenvalue weighted by molar-refractivity contribution is -0.140. The number of carbonyl (C=O) groups excluding carboxylic acids is 2. The second-order valence-electron chi connectivity index (χ2n) is 9.45. The average molecular weight is 641 g/mol. The van der Waals surface area contributed by atoms with Crippen molar-refractivity contribution >= 4 is 62.3 Å². The van der Waals surface area contributed by atoms with Gasteiger partial charge in [-0.3, -0.25) is 13.9 Å². The molecule has 2 amide bonds. The van der Waals surface area contributed by atoms with Crippen molar-refractivity contribution in [2.45, 2.75) is 50.7 Å². The second-order valence-corrected chi connectivity index (χ2v) is 12.6. The highest BCUT2D eigenvalue weighted by atomic mass is 35.5. The topological polar surface area (TPSA) is 96.0 Å². The normalized spacial score (nSPS) is 12.1. The average Bonchev–Trinajstić information content (AvgIpc) is 2.93. The fraction of sp³-hybridized carbons (Fsp3) is 0.310. The van der Waals surface area contributed by atoms with Crippen molar-refractivity contribution < 1.29 is 22.7 Å². The summed E-state index contributed by atoms with van der Waals surface area (Å²) in [6.07, 6.45) is 0.248. The van der Waals surface area contributed by atoms with Crippen molar-refractivity contribution in [3.8, 4) is 5.75 Å². The van der Waals surface area contributed by atoms with Crippen molar-refractivity contribution in [3.05, 3.63) is 87.4 Å². The molecule has 0 saturated heterocycles. The molecule has 0 heterocycles. The summed E-state index contributed by atoms with van der Waals surface area (Å²) in [5.41, 5.74) is 0.491. The monoisotopic (exact) mass is 639 g/mol. The van der Waals surface area contributed by atoms with Crippen molar-refractivity contribution in [1.82, 2.24) is 10.2 Å². The Morgan fingerprint density at radius 1 is 0.951 bits per heavy atom. The van der Waals surface area contributed by atoms with Crippen LogP contribution in [0.3, 0.4) is 0 Å². The summed E-state index contributed by atoms with van der Waals surface area (Å²) in [5.74, 6) is -0.864. The van der Waals surface area contributed by atoms with Crippen LogP contribution in [0.5, 0.6) is 5.75 Å². The Balaban J connectivity index is 2.16. The molecule has 41 heavy (non-hydrogen) atoms. The number of nitrogens with one attached hydrogen (secondary N) is 1. The molecule has 0 saturated carbocycles. The molecule has 0 spiro atoms. The molecule has 8 nitrogen and oxygen atoms in total. The number of benzene rings is 3. The van der Waals surface area contributed by atoms with Crippen LogP contribution in [0.15, 0.2) is 71.6 Å². The molecule has 0 aliphatic heterocycles. The Kier molecular flexibility index (Phi) is 11.3. The number of hydrogen-bond donors (Lipinski definition) is 1. The quantitative estimate of drug-likeness (QED) is 0.255. The largest absolute Gasteiger partial charge is 0.495 e. The van der Waals surface area contributed by atoms with Crippen LogP contribution in [0.2, 0.25) is 15.1 Å². The molecule has 0 aliphatic rings. The van der Waals surface area contributed by atoms with E-state index >= 15 is 0 Å². The minimum Gasteiger partial charge on any atom is -0.495 e. The van der Waals surface area contributed by atoms with Crippen LogP contribution in [-0.4, -0.2) is 50.9 Å². The SMILES string of the molecule is CC[C@@H](C(=O)NC(C)C)N(Cc1c(Cl)cccc1Cl)C(=O)CN(c1cc(Cl)ccc1OC)S(=O)(=O)c1ccccc1. The zero-order chi connectivity index (χ0) is 30.3. The van der Waals surface area contributed by atoms with Gasteiger partial charge in [-0.2, -0.15) is 0 Å². The molecule has 0 aliphatic carbocycles. The summed E-state index contributed by atoms with van der Waals surface area (Å²) in [6, 6.07) is 16.0. The number of carbonyl (C=O) groups is 2. The van der Waals surface area contributed by atoms with Crippen molar-refractivity contribution in [1.29, 1.82) is 0 Å². The number of anilines is 1. The predicted octanol–water partition coefficient (Wildman–Crippen LogP) is 6.18. The van der Waals surface area contributed by atoms with Gasteiger partial charge in [0.05, 0.1) is 17.7 Å². The molecule has 3 aromatic rings. The first kappa shape index (κ1) is 32.5.